The van der Waals surface area contributed by atoms with Crippen molar-refractivity contribution in [3.05, 3.63) is 77.4 Å². The Balaban J connectivity index is 1.55. The molecule has 1 amide bonds. The number of benzene rings is 2. The maximum Gasteiger partial charge on any atom is 0.416 e. The number of halogens is 3. The number of alkyl halides is 3. The third-order valence-corrected chi connectivity index (χ3v) is 4.46. The first kappa shape index (κ1) is 19.7. The van der Waals surface area contributed by atoms with E-state index in [1.54, 1.807) is 4.90 Å². The molecule has 3 rings (SSSR count). The lowest BCUT2D eigenvalue weighted by Crippen LogP contribution is -2.37. The molecular weight excluding hydrogens is 371 g/mol. The van der Waals surface area contributed by atoms with Gasteiger partial charge in [-0.25, -0.2) is 4.79 Å². The minimum Gasteiger partial charge on any atom is -0.452 e. The molecule has 0 N–H and O–H groups in total. The number of hydrogen-bond acceptors (Lipinski definition) is 3. The summed E-state index contributed by atoms with van der Waals surface area (Å²) in [6, 6.07) is 13.7. The van der Waals surface area contributed by atoms with E-state index in [9.17, 15) is 22.8 Å². The largest absolute Gasteiger partial charge is 0.452 e. The van der Waals surface area contributed by atoms with Crippen LogP contribution in [-0.2, 0) is 15.7 Å². The number of amides is 1. The number of carbonyl (C=O) groups is 2. The van der Waals surface area contributed by atoms with Gasteiger partial charge >= 0.3 is 12.1 Å². The van der Waals surface area contributed by atoms with E-state index < -0.39 is 24.3 Å². The van der Waals surface area contributed by atoms with E-state index in [4.69, 9.17) is 4.74 Å². The van der Waals surface area contributed by atoms with Gasteiger partial charge in [0.1, 0.15) is 0 Å². The van der Waals surface area contributed by atoms with Crippen molar-refractivity contribution in [3.8, 4) is 0 Å². The normalized spacial score (nSPS) is 14.4. The lowest BCUT2D eigenvalue weighted by atomic mass is 10.00. The number of carbonyl (C=O) groups excluding carboxylic acids is 2. The van der Waals surface area contributed by atoms with E-state index in [1.807, 2.05) is 36.4 Å². The topological polar surface area (TPSA) is 46.6 Å². The molecule has 0 spiro atoms. The Bertz CT molecular complexity index is 891. The molecule has 1 aliphatic rings. The molecule has 2 aromatic rings. The minimum atomic E-state index is -4.55. The summed E-state index contributed by atoms with van der Waals surface area (Å²) in [5, 5.41) is 0. The number of nitrogens with zero attached hydrogens (tertiary/aromatic N) is 1. The van der Waals surface area contributed by atoms with Crippen molar-refractivity contribution in [2.24, 2.45) is 0 Å². The van der Waals surface area contributed by atoms with Crippen molar-refractivity contribution >= 4 is 17.4 Å². The number of esters is 1. The molecule has 0 aromatic heterocycles. The molecule has 0 atom stereocenters. The molecule has 4 nitrogen and oxygen atoms in total. The fraction of sp³-hybridized carbons (Fsp3) is 0.238. The van der Waals surface area contributed by atoms with Crippen molar-refractivity contribution in [2.45, 2.75) is 12.6 Å². The van der Waals surface area contributed by atoms with E-state index in [1.165, 1.54) is 6.07 Å². The highest BCUT2D eigenvalue weighted by atomic mass is 19.4. The van der Waals surface area contributed by atoms with Crippen molar-refractivity contribution in [1.29, 1.82) is 0 Å². The maximum absolute atomic E-state index is 12.7. The van der Waals surface area contributed by atoms with Crippen molar-refractivity contribution < 1.29 is 27.5 Å². The van der Waals surface area contributed by atoms with Gasteiger partial charge in [-0.1, -0.05) is 42.5 Å². The molecule has 1 aliphatic heterocycles. The predicted molar refractivity (Wildman–Crippen MR) is 97.3 cm³/mol. The number of ether oxygens (including phenoxy) is 1. The van der Waals surface area contributed by atoms with Crippen molar-refractivity contribution in [1.82, 2.24) is 4.90 Å². The average Bonchev–Trinajstić information content (AvgIpc) is 2.72. The van der Waals surface area contributed by atoms with Crippen molar-refractivity contribution in [3.63, 3.8) is 0 Å². The van der Waals surface area contributed by atoms with Crippen LogP contribution >= 0.6 is 0 Å². The Morgan fingerprint density at radius 2 is 1.79 bits per heavy atom. The molecule has 0 fully saturated rings. The third kappa shape index (κ3) is 4.79. The quantitative estimate of drug-likeness (QED) is 0.737. The highest BCUT2D eigenvalue weighted by Crippen LogP contribution is 2.29. The molecule has 0 radical (unpaired) electrons. The monoisotopic (exact) mass is 389 g/mol. The standard InChI is InChI=1S/C21H18F3NO3/c22-21(23,24)18-8-4-7-17(13-18)20(27)28-14-19(26)25-11-9-16(10-12-25)15-5-2-1-3-6-15/h1-9,13H,10-12,14H2. The summed E-state index contributed by atoms with van der Waals surface area (Å²) in [6.45, 7) is 0.369. The second kappa shape index (κ2) is 8.29. The molecule has 0 aliphatic carbocycles. The summed E-state index contributed by atoms with van der Waals surface area (Å²) in [5.74, 6) is -1.35. The SMILES string of the molecule is O=C(OCC(=O)N1CC=C(c2ccccc2)CC1)c1cccc(C(F)(F)F)c1. The maximum atomic E-state index is 12.7. The zero-order valence-electron chi connectivity index (χ0n) is 14.9. The van der Waals surface area contributed by atoms with Gasteiger partial charge in [0.25, 0.3) is 5.91 Å². The summed E-state index contributed by atoms with van der Waals surface area (Å²) < 4.78 is 43.1. The second-order valence-corrected chi connectivity index (χ2v) is 6.34. The van der Waals surface area contributed by atoms with Gasteiger partial charge < -0.3 is 9.64 Å². The zero-order chi connectivity index (χ0) is 20.1. The Morgan fingerprint density at radius 3 is 2.43 bits per heavy atom. The first-order valence-electron chi connectivity index (χ1n) is 8.71. The van der Waals surface area contributed by atoms with Gasteiger partial charge in [-0.15, -0.1) is 0 Å². The van der Waals surface area contributed by atoms with Gasteiger partial charge in [0.15, 0.2) is 6.61 Å². The van der Waals surface area contributed by atoms with Gasteiger partial charge in [-0.2, -0.15) is 13.2 Å². The first-order chi connectivity index (χ1) is 13.3. The van der Waals surface area contributed by atoms with Gasteiger partial charge in [-0.3, -0.25) is 4.79 Å². The van der Waals surface area contributed by atoms with Crippen LogP contribution in [0.4, 0.5) is 13.2 Å². The molecule has 7 heteroatoms. The molecule has 0 bridgehead atoms. The number of hydrogen-bond donors (Lipinski definition) is 0. The van der Waals surface area contributed by atoms with Crippen LogP contribution in [0, 0.1) is 0 Å². The molecule has 2 aromatic carbocycles. The van der Waals surface area contributed by atoms with Gasteiger partial charge in [0.05, 0.1) is 11.1 Å². The second-order valence-electron chi connectivity index (χ2n) is 6.34. The van der Waals surface area contributed by atoms with Crippen molar-refractivity contribution in [2.75, 3.05) is 19.7 Å². The highest BCUT2D eigenvalue weighted by molar-refractivity contribution is 5.91. The summed E-state index contributed by atoms with van der Waals surface area (Å²) in [6.07, 6.45) is -1.93. The van der Waals surface area contributed by atoms with E-state index in [0.717, 1.165) is 23.3 Å². The Labute approximate surface area is 160 Å². The highest BCUT2D eigenvalue weighted by Gasteiger charge is 2.31. The van der Waals surface area contributed by atoms with E-state index in [0.29, 0.717) is 25.6 Å². The summed E-state index contributed by atoms with van der Waals surface area (Å²) >= 11 is 0. The molecule has 28 heavy (non-hydrogen) atoms. The van der Waals surface area contributed by atoms with Crippen LogP contribution in [0.5, 0.6) is 0 Å². The number of rotatable bonds is 4. The van der Waals surface area contributed by atoms with Crippen LogP contribution in [0.1, 0.15) is 27.9 Å². The fourth-order valence-corrected chi connectivity index (χ4v) is 2.93. The van der Waals surface area contributed by atoms with Crippen LogP contribution < -0.4 is 0 Å². The molecule has 0 saturated heterocycles. The zero-order valence-corrected chi connectivity index (χ0v) is 14.9. The van der Waals surface area contributed by atoms with E-state index >= 15 is 0 Å². The smallest absolute Gasteiger partial charge is 0.416 e. The summed E-state index contributed by atoms with van der Waals surface area (Å²) in [7, 11) is 0. The Hall–Kier alpha value is -3.09. The summed E-state index contributed by atoms with van der Waals surface area (Å²) in [5.41, 5.74) is 1.06. The predicted octanol–water partition coefficient (Wildman–Crippen LogP) is 4.18. The van der Waals surface area contributed by atoms with E-state index in [2.05, 4.69) is 0 Å². The molecule has 1 heterocycles. The van der Waals surface area contributed by atoms with Crippen LogP contribution in [0.2, 0.25) is 0 Å². The van der Waals surface area contributed by atoms with E-state index in [-0.39, 0.29) is 11.5 Å². The van der Waals surface area contributed by atoms with Crippen LogP contribution in [-0.4, -0.2) is 36.5 Å². The lowest BCUT2D eigenvalue weighted by molar-refractivity contribution is -0.137. The van der Waals surface area contributed by atoms with Crippen LogP contribution in [0.3, 0.4) is 0 Å². The summed E-state index contributed by atoms with van der Waals surface area (Å²) in [4.78, 5) is 25.8. The molecule has 0 saturated carbocycles. The Morgan fingerprint density at radius 1 is 1.04 bits per heavy atom. The Kier molecular flexibility index (Phi) is 5.82. The van der Waals surface area contributed by atoms with Gasteiger partial charge in [-0.05, 0) is 35.8 Å². The average molecular weight is 389 g/mol. The first-order valence-corrected chi connectivity index (χ1v) is 8.71. The van der Waals surface area contributed by atoms with Gasteiger partial charge in [0.2, 0.25) is 0 Å². The molecule has 146 valence electrons. The molecular formula is C21H18F3NO3. The van der Waals surface area contributed by atoms with Crippen LogP contribution in [0.25, 0.3) is 5.57 Å². The molecule has 0 unspecified atom stereocenters. The minimum absolute atomic E-state index is 0.243. The fourth-order valence-electron chi connectivity index (χ4n) is 2.93. The van der Waals surface area contributed by atoms with Gasteiger partial charge in [0, 0.05) is 13.1 Å². The third-order valence-electron chi connectivity index (χ3n) is 4.46. The van der Waals surface area contributed by atoms with Crippen LogP contribution in [0.15, 0.2) is 60.7 Å². The lowest BCUT2D eigenvalue weighted by Gasteiger charge is -2.26.